The van der Waals surface area contributed by atoms with Crippen molar-refractivity contribution in [2.75, 3.05) is 13.1 Å². The van der Waals surface area contributed by atoms with Crippen LogP contribution < -0.4 is 5.32 Å². The second-order valence-electron chi connectivity index (χ2n) is 6.07. The molecule has 7 heteroatoms. The van der Waals surface area contributed by atoms with Crippen LogP contribution in [0.1, 0.15) is 46.0 Å². The van der Waals surface area contributed by atoms with Crippen molar-refractivity contribution in [3.05, 3.63) is 0 Å². The highest BCUT2D eigenvalue weighted by Gasteiger charge is 2.44. The van der Waals surface area contributed by atoms with Crippen LogP contribution in [0.2, 0.25) is 0 Å². The Labute approximate surface area is 130 Å². The molecule has 1 aliphatic carbocycles. The third kappa shape index (κ3) is 3.28. The molecule has 0 unspecified atom stereocenters. The van der Waals surface area contributed by atoms with Crippen molar-refractivity contribution in [3.8, 4) is 0 Å². The molecule has 7 nitrogen and oxygen atoms in total. The van der Waals surface area contributed by atoms with E-state index < -0.39 is 17.8 Å². The fourth-order valence-corrected chi connectivity index (χ4v) is 3.04. The van der Waals surface area contributed by atoms with Crippen LogP contribution in [0.4, 0.5) is 4.79 Å². The molecule has 2 atom stereocenters. The Morgan fingerprint density at radius 1 is 1.14 bits per heavy atom. The molecule has 1 N–H and O–H groups in total. The van der Waals surface area contributed by atoms with Crippen molar-refractivity contribution in [1.29, 1.82) is 0 Å². The van der Waals surface area contributed by atoms with Crippen LogP contribution in [0, 0.1) is 5.92 Å². The van der Waals surface area contributed by atoms with Gasteiger partial charge in [-0.3, -0.25) is 19.3 Å². The second kappa shape index (κ2) is 6.89. The van der Waals surface area contributed by atoms with E-state index in [4.69, 9.17) is 0 Å². The van der Waals surface area contributed by atoms with Crippen molar-refractivity contribution in [1.82, 2.24) is 15.1 Å². The Balaban J connectivity index is 1.94. The van der Waals surface area contributed by atoms with Crippen LogP contribution in [0.3, 0.4) is 0 Å². The molecule has 1 saturated heterocycles. The zero-order valence-corrected chi connectivity index (χ0v) is 13.1. The summed E-state index contributed by atoms with van der Waals surface area (Å²) < 4.78 is 0. The monoisotopic (exact) mass is 309 g/mol. The van der Waals surface area contributed by atoms with Crippen molar-refractivity contribution >= 4 is 23.8 Å². The lowest BCUT2D eigenvalue weighted by molar-refractivity contribution is -0.144. The molecule has 2 rings (SSSR count). The maximum absolute atomic E-state index is 12.1. The number of amides is 5. The van der Waals surface area contributed by atoms with Crippen LogP contribution in [0.25, 0.3) is 0 Å². The maximum Gasteiger partial charge on any atom is 0.334 e. The van der Waals surface area contributed by atoms with E-state index in [0.29, 0.717) is 12.3 Å². The van der Waals surface area contributed by atoms with E-state index in [9.17, 15) is 19.2 Å². The summed E-state index contributed by atoms with van der Waals surface area (Å²) in [5.41, 5.74) is 0. The minimum absolute atomic E-state index is 0.0801. The van der Waals surface area contributed by atoms with Crippen LogP contribution in [-0.4, -0.2) is 52.7 Å². The van der Waals surface area contributed by atoms with Gasteiger partial charge < -0.3 is 5.32 Å². The first kappa shape index (κ1) is 16.5. The molecule has 1 aliphatic heterocycles. The Morgan fingerprint density at radius 3 is 2.41 bits per heavy atom. The number of carbonyl (C=O) groups is 4. The summed E-state index contributed by atoms with van der Waals surface area (Å²) in [5, 5.41) is 2.88. The number of rotatable bonds is 5. The van der Waals surface area contributed by atoms with Crippen molar-refractivity contribution in [2.45, 2.75) is 52.0 Å². The van der Waals surface area contributed by atoms with E-state index in [1.54, 1.807) is 0 Å². The maximum atomic E-state index is 12.1. The molecule has 0 aromatic heterocycles. The molecule has 1 saturated carbocycles. The summed E-state index contributed by atoms with van der Waals surface area (Å²) in [4.78, 5) is 49.3. The highest BCUT2D eigenvalue weighted by Crippen LogP contribution is 2.23. The Hall–Kier alpha value is -1.92. The first-order chi connectivity index (χ1) is 10.5. The van der Waals surface area contributed by atoms with E-state index in [1.165, 1.54) is 0 Å². The van der Waals surface area contributed by atoms with Crippen LogP contribution in [0.5, 0.6) is 0 Å². The SMILES string of the molecule is CCCN1C(=O)C(=O)N(CC(=O)N[C@@H]2CCCC[C@@H]2C)C1=O. The van der Waals surface area contributed by atoms with Gasteiger partial charge in [-0.2, -0.15) is 0 Å². The number of hydrogen-bond acceptors (Lipinski definition) is 4. The van der Waals surface area contributed by atoms with E-state index >= 15 is 0 Å². The van der Waals surface area contributed by atoms with Gasteiger partial charge in [0.25, 0.3) is 0 Å². The molecule has 1 heterocycles. The molecule has 2 aliphatic rings. The summed E-state index contributed by atoms with van der Waals surface area (Å²) in [6.07, 6.45) is 4.78. The van der Waals surface area contributed by atoms with Gasteiger partial charge in [-0.15, -0.1) is 0 Å². The third-order valence-electron chi connectivity index (χ3n) is 4.34. The largest absolute Gasteiger partial charge is 0.352 e. The number of imide groups is 2. The summed E-state index contributed by atoms with van der Waals surface area (Å²) in [6, 6.07) is -0.611. The fraction of sp³-hybridized carbons (Fsp3) is 0.733. The Morgan fingerprint density at radius 2 is 1.77 bits per heavy atom. The molecule has 122 valence electrons. The summed E-state index contributed by atoms with van der Waals surface area (Å²) >= 11 is 0. The van der Waals surface area contributed by atoms with E-state index in [-0.39, 0.29) is 25.0 Å². The van der Waals surface area contributed by atoms with Crippen molar-refractivity contribution in [2.24, 2.45) is 5.92 Å². The molecule has 5 amide bonds. The molecular formula is C15H23N3O4. The van der Waals surface area contributed by atoms with Gasteiger partial charge in [0.05, 0.1) is 0 Å². The molecular weight excluding hydrogens is 286 g/mol. The quantitative estimate of drug-likeness (QED) is 0.603. The lowest BCUT2D eigenvalue weighted by atomic mass is 9.86. The van der Waals surface area contributed by atoms with Gasteiger partial charge in [-0.25, -0.2) is 9.69 Å². The predicted octanol–water partition coefficient (Wildman–Crippen LogP) is 0.882. The Bertz CT molecular complexity index is 491. The first-order valence-corrected chi connectivity index (χ1v) is 7.92. The number of urea groups is 1. The fourth-order valence-electron chi connectivity index (χ4n) is 3.04. The number of hydrogen-bond donors (Lipinski definition) is 1. The Kier molecular flexibility index (Phi) is 5.15. The van der Waals surface area contributed by atoms with E-state index in [2.05, 4.69) is 12.2 Å². The van der Waals surface area contributed by atoms with Gasteiger partial charge in [0.2, 0.25) is 5.91 Å². The average Bonchev–Trinajstić information content (AvgIpc) is 2.68. The van der Waals surface area contributed by atoms with Crippen LogP contribution in [-0.2, 0) is 14.4 Å². The van der Waals surface area contributed by atoms with Gasteiger partial charge >= 0.3 is 17.8 Å². The van der Waals surface area contributed by atoms with Crippen LogP contribution in [0.15, 0.2) is 0 Å². The highest BCUT2D eigenvalue weighted by molar-refractivity contribution is 6.45. The number of nitrogens with one attached hydrogen (secondary N) is 1. The average molecular weight is 309 g/mol. The zero-order chi connectivity index (χ0) is 16.3. The lowest BCUT2D eigenvalue weighted by Gasteiger charge is -2.29. The molecule has 2 fully saturated rings. The normalized spacial score (nSPS) is 25.8. The summed E-state index contributed by atoms with van der Waals surface area (Å²) in [5.74, 6) is -1.75. The zero-order valence-electron chi connectivity index (χ0n) is 13.1. The topological polar surface area (TPSA) is 86.8 Å². The molecule has 22 heavy (non-hydrogen) atoms. The molecule has 0 radical (unpaired) electrons. The third-order valence-corrected chi connectivity index (χ3v) is 4.34. The lowest BCUT2D eigenvalue weighted by Crippen LogP contribution is -2.47. The predicted molar refractivity (Wildman–Crippen MR) is 78.7 cm³/mol. The van der Waals surface area contributed by atoms with E-state index in [0.717, 1.165) is 35.5 Å². The molecule has 0 aromatic carbocycles. The second-order valence-corrected chi connectivity index (χ2v) is 6.07. The van der Waals surface area contributed by atoms with Crippen LogP contribution >= 0.6 is 0 Å². The van der Waals surface area contributed by atoms with Gasteiger partial charge in [0.1, 0.15) is 6.54 Å². The highest BCUT2D eigenvalue weighted by atomic mass is 16.2. The molecule has 0 spiro atoms. The smallest absolute Gasteiger partial charge is 0.334 e. The first-order valence-electron chi connectivity index (χ1n) is 7.92. The van der Waals surface area contributed by atoms with E-state index in [1.807, 2.05) is 6.92 Å². The number of nitrogens with zero attached hydrogens (tertiary/aromatic N) is 2. The minimum Gasteiger partial charge on any atom is -0.352 e. The van der Waals surface area contributed by atoms with Gasteiger partial charge in [0.15, 0.2) is 0 Å². The molecule has 0 aromatic rings. The summed E-state index contributed by atoms with van der Waals surface area (Å²) in [6.45, 7) is 3.71. The summed E-state index contributed by atoms with van der Waals surface area (Å²) in [7, 11) is 0. The van der Waals surface area contributed by atoms with Gasteiger partial charge in [-0.05, 0) is 25.2 Å². The standard InChI is InChI=1S/C15H23N3O4/c1-3-8-17-13(20)14(21)18(15(17)22)9-12(19)16-11-7-5-4-6-10(11)2/h10-11H,3-9H2,1-2H3,(H,16,19)/t10-,11+/m0/s1. The van der Waals surface area contributed by atoms with Gasteiger partial charge in [-0.1, -0.05) is 26.7 Å². The van der Waals surface area contributed by atoms with Crippen molar-refractivity contribution < 1.29 is 19.2 Å². The molecule has 0 bridgehead atoms. The van der Waals surface area contributed by atoms with Gasteiger partial charge in [0, 0.05) is 12.6 Å². The minimum atomic E-state index is -0.912. The number of carbonyl (C=O) groups excluding carboxylic acids is 4. The van der Waals surface area contributed by atoms with Crippen molar-refractivity contribution in [3.63, 3.8) is 0 Å².